The predicted molar refractivity (Wildman–Crippen MR) is 157 cm³/mol. The number of benzene rings is 2. The van der Waals surface area contributed by atoms with E-state index in [1.54, 1.807) is 30.0 Å². The van der Waals surface area contributed by atoms with Gasteiger partial charge in [0.25, 0.3) is 0 Å². The van der Waals surface area contributed by atoms with Crippen molar-refractivity contribution < 1.29 is 18.0 Å². The Kier molecular flexibility index (Phi) is 11.1. The summed E-state index contributed by atoms with van der Waals surface area (Å²) in [4.78, 5) is 28.2. The lowest BCUT2D eigenvalue weighted by Gasteiger charge is -2.31. The highest BCUT2D eigenvalue weighted by molar-refractivity contribution is 9.10. The summed E-state index contributed by atoms with van der Waals surface area (Å²) in [6, 6.07) is 12.2. The summed E-state index contributed by atoms with van der Waals surface area (Å²) < 4.78 is 27.4. The summed E-state index contributed by atoms with van der Waals surface area (Å²) in [5.74, 6) is -0.356. The summed E-state index contributed by atoms with van der Waals surface area (Å²) in [6.07, 6.45) is 6.86. The minimum Gasteiger partial charge on any atom is -0.352 e. The highest BCUT2D eigenvalue weighted by Gasteiger charge is 2.28. The largest absolute Gasteiger partial charge is 0.352 e. The van der Waals surface area contributed by atoms with Crippen LogP contribution in [0.2, 0.25) is 5.02 Å². The van der Waals surface area contributed by atoms with E-state index < -0.39 is 16.1 Å². The summed E-state index contributed by atoms with van der Waals surface area (Å²) >= 11 is 9.57. The van der Waals surface area contributed by atoms with Gasteiger partial charge in [-0.2, -0.15) is 0 Å². The molecule has 2 aromatic carbocycles. The van der Waals surface area contributed by atoms with Crippen molar-refractivity contribution in [3.63, 3.8) is 0 Å². The summed E-state index contributed by atoms with van der Waals surface area (Å²) in [6.45, 7) is 3.99. The zero-order valence-corrected chi connectivity index (χ0v) is 25.4. The van der Waals surface area contributed by atoms with Crippen LogP contribution in [-0.4, -0.2) is 50.0 Å². The van der Waals surface area contributed by atoms with E-state index in [1.807, 2.05) is 31.2 Å². The van der Waals surface area contributed by atoms with E-state index in [4.69, 9.17) is 11.6 Å². The molecule has 1 fully saturated rings. The molecule has 0 spiro atoms. The molecule has 208 valence electrons. The number of nitrogens with one attached hydrogen (secondary N) is 1. The standard InChI is InChI=1S/C28H37BrClN3O4S/c1-20-11-16-24(30)18-26(20)33(38(3,36)37)17-7-10-27(34)32(19-22-12-14-23(29)15-13-22)21(2)28(35)31-25-8-5-4-6-9-25/h11-16,18,21,25H,4-10,17,19H2,1-3H3,(H,31,35). The van der Waals surface area contributed by atoms with E-state index in [1.165, 1.54) is 10.7 Å². The van der Waals surface area contributed by atoms with Crippen molar-refractivity contribution in [2.45, 2.75) is 77.4 Å². The molecular weight excluding hydrogens is 590 g/mol. The molecule has 1 atom stereocenters. The number of hydrogen-bond acceptors (Lipinski definition) is 4. The van der Waals surface area contributed by atoms with Crippen molar-refractivity contribution in [3.05, 3.63) is 63.1 Å². The molecule has 0 saturated heterocycles. The fourth-order valence-corrected chi connectivity index (χ4v) is 6.22. The zero-order chi connectivity index (χ0) is 27.9. The van der Waals surface area contributed by atoms with Crippen molar-refractivity contribution in [2.24, 2.45) is 0 Å². The lowest BCUT2D eigenvalue weighted by Crippen LogP contribution is -2.50. The zero-order valence-electron chi connectivity index (χ0n) is 22.3. The normalized spacial score (nSPS) is 15.1. The number of halogens is 2. The van der Waals surface area contributed by atoms with Crippen LogP contribution in [0.15, 0.2) is 46.9 Å². The van der Waals surface area contributed by atoms with E-state index in [0.29, 0.717) is 17.1 Å². The topological polar surface area (TPSA) is 86.8 Å². The van der Waals surface area contributed by atoms with Crippen LogP contribution in [0.25, 0.3) is 0 Å². The second kappa shape index (κ2) is 13.8. The molecule has 1 N–H and O–H groups in total. The van der Waals surface area contributed by atoms with Crippen molar-refractivity contribution in [3.8, 4) is 0 Å². The van der Waals surface area contributed by atoms with Crippen molar-refractivity contribution in [1.82, 2.24) is 10.2 Å². The molecule has 0 heterocycles. The van der Waals surface area contributed by atoms with Crippen LogP contribution >= 0.6 is 27.5 Å². The fourth-order valence-electron chi connectivity index (χ4n) is 4.77. The Bertz CT molecular complexity index is 1220. The van der Waals surface area contributed by atoms with Gasteiger partial charge in [0, 0.05) is 35.0 Å². The minimum absolute atomic E-state index is 0.100. The number of carbonyl (C=O) groups is 2. The lowest BCUT2D eigenvalue weighted by atomic mass is 9.95. The molecule has 3 rings (SSSR count). The molecule has 1 aliphatic carbocycles. The second-order valence-electron chi connectivity index (χ2n) is 10.0. The van der Waals surface area contributed by atoms with Gasteiger partial charge >= 0.3 is 0 Å². The average Bonchev–Trinajstić information content (AvgIpc) is 2.87. The second-order valence-corrected chi connectivity index (χ2v) is 13.3. The van der Waals surface area contributed by atoms with Crippen molar-refractivity contribution >= 4 is 55.1 Å². The highest BCUT2D eigenvalue weighted by atomic mass is 79.9. The average molecular weight is 627 g/mol. The first-order chi connectivity index (χ1) is 18.0. The third kappa shape index (κ3) is 8.71. The minimum atomic E-state index is -3.59. The Hall–Kier alpha value is -2.10. The molecule has 0 radical (unpaired) electrons. The molecule has 0 bridgehead atoms. The van der Waals surface area contributed by atoms with Crippen LogP contribution in [0.1, 0.15) is 63.0 Å². The first-order valence-corrected chi connectivity index (χ1v) is 16.1. The summed E-state index contributed by atoms with van der Waals surface area (Å²) in [5.41, 5.74) is 2.18. The van der Waals surface area contributed by atoms with Gasteiger partial charge in [0.2, 0.25) is 21.8 Å². The van der Waals surface area contributed by atoms with Crippen LogP contribution in [0.3, 0.4) is 0 Å². The maximum Gasteiger partial charge on any atom is 0.242 e. The highest BCUT2D eigenvalue weighted by Crippen LogP contribution is 2.27. The van der Waals surface area contributed by atoms with Gasteiger partial charge in [0.1, 0.15) is 6.04 Å². The first-order valence-electron chi connectivity index (χ1n) is 13.0. The lowest BCUT2D eigenvalue weighted by molar-refractivity contribution is -0.141. The van der Waals surface area contributed by atoms with Gasteiger partial charge in [-0.25, -0.2) is 8.42 Å². The quantitative estimate of drug-likeness (QED) is 0.340. The van der Waals surface area contributed by atoms with Crippen molar-refractivity contribution in [2.75, 3.05) is 17.1 Å². The molecule has 38 heavy (non-hydrogen) atoms. The van der Waals surface area contributed by atoms with Crippen LogP contribution < -0.4 is 9.62 Å². The van der Waals surface area contributed by atoms with E-state index >= 15 is 0 Å². The predicted octanol–water partition coefficient (Wildman–Crippen LogP) is 5.82. The molecule has 0 aromatic heterocycles. The van der Waals surface area contributed by atoms with Gasteiger partial charge < -0.3 is 10.2 Å². The van der Waals surface area contributed by atoms with E-state index in [9.17, 15) is 18.0 Å². The van der Waals surface area contributed by atoms with Crippen LogP contribution in [0, 0.1) is 6.92 Å². The van der Waals surface area contributed by atoms with E-state index in [-0.39, 0.29) is 37.4 Å². The summed E-state index contributed by atoms with van der Waals surface area (Å²) in [7, 11) is -3.59. The van der Waals surface area contributed by atoms with Crippen LogP contribution in [0.4, 0.5) is 5.69 Å². The summed E-state index contributed by atoms with van der Waals surface area (Å²) in [5, 5.41) is 3.57. The van der Waals surface area contributed by atoms with Crippen molar-refractivity contribution in [1.29, 1.82) is 0 Å². The van der Waals surface area contributed by atoms with Crippen LogP contribution in [0.5, 0.6) is 0 Å². The molecule has 1 saturated carbocycles. The van der Waals surface area contributed by atoms with E-state index in [0.717, 1.165) is 47.5 Å². The molecule has 2 amide bonds. The maximum absolute atomic E-state index is 13.5. The van der Waals surface area contributed by atoms with Gasteiger partial charge in [-0.1, -0.05) is 65.0 Å². The SMILES string of the molecule is Cc1ccc(Cl)cc1N(CCCC(=O)N(Cc1ccc(Br)cc1)C(C)C(=O)NC1CCCCC1)S(C)(=O)=O. The van der Waals surface area contributed by atoms with Gasteiger partial charge in [-0.05, 0) is 68.5 Å². The number of sulfonamides is 1. The monoisotopic (exact) mass is 625 g/mol. The number of rotatable bonds is 11. The molecule has 1 aliphatic rings. The van der Waals surface area contributed by atoms with Gasteiger partial charge in [-0.15, -0.1) is 0 Å². The molecule has 1 unspecified atom stereocenters. The Labute approximate surface area is 240 Å². The Morgan fingerprint density at radius 3 is 2.39 bits per heavy atom. The number of hydrogen-bond donors (Lipinski definition) is 1. The molecule has 10 heteroatoms. The molecule has 0 aliphatic heterocycles. The van der Waals surface area contributed by atoms with Crippen LogP contribution in [-0.2, 0) is 26.2 Å². The fraction of sp³-hybridized carbons (Fsp3) is 0.500. The molecule has 7 nitrogen and oxygen atoms in total. The third-order valence-corrected chi connectivity index (χ3v) is 8.92. The van der Waals surface area contributed by atoms with Gasteiger partial charge in [-0.3, -0.25) is 13.9 Å². The molecule has 2 aromatic rings. The number of carbonyl (C=O) groups excluding carboxylic acids is 2. The van der Waals surface area contributed by atoms with E-state index in [2.05, 4.69) is 21.2 Å². The molecular formula is C28H37BrClN3O4S. The maximum atomic E-state index is 13.5. The number of nitrogens with zero attached hydrogens (tertiary/aromatic N) is 2. The smallest absolute Gasteiger partial charge is 0.242 e. The van der Waals surface area contributed by atoms with Gasteiger partial charge in [0.05, 0.1) is 11.9 Å². The van der Waals surface area contributed by atoms with Gasteiger partial charge in [0.15, 0.2) is 0 Å². The number of amides is 2. The Morgan fingerprint density at radius 2 is 1.76 bits per heavy atom. The Morgan fingerprint density at radius 1 is 1.11 bits per heavy atom. The Balaban J connectivity index is 1.73. The third-order valence-electron chi connectivity index (χ3n) is 6.98. The number of anilines is 1. The first kappa shape index (κ1) is 30.4. The number of aryl methyl sites for hydroxylation is 1.